The predicted octanol–water partition coefficient (Wildman–Crippen LogP) is 3.71. The maximum Gasteiger partial charge on any atom is 0.336 e. The average Bonchev–Trinajstić information content (AvgIpc) is 2.80. The second kappa shape index (κ2) is 5.79. The van der Waals surface area contributed by atoms with E-state index in [9.17, 15) is 9.59 Å². The Balaban J connectivity index is 2.02. The molecule has 1 aliphatic heterocycles. The second-order valence-corrected chi connectivity index (χ2v) is 5.96. The molecular weight excluding hydrogens is 276 g/mol. The van der Waals surface area contributed by atoms with Crippen LogP contribution in [-0.2, 0) is 4.79 Å². The summed E-state index contributed by atoms with van der Waals surface area (Å²) in [7, 11) is 0. The molecule has 1 aromatic carbocycles. The monoisotopic (exact) mass is 296 g/mol. The predicted molar refractivity (Wildman–Crippen MR) is 86.2 cm³/mol. The van der Waals surface area contributed by atoms with Gasteiger partial charge in [-0.05, 0) is 37.0 Å². The molecule has 0 N–H and O–H groups in total. The molecule has 4 nitrogen and oxygen atoms in total. The van der Waals surface area contributed by atoms with Crippen molar-refractivity contribution in [1.82, 2.24) is 4.90 Å². The summed E-state index contributed by atoms with van der Waals surface area (Å²) in [4.78, 5) is 28.7. The van der Waals surface area contributed by atoms with Crippen LogP contribution in [0.1, 0.15) is 26.7 Å². The van der Waals surface area contributed by atoms with Crippen molar-refractivity contribution in [2.75, 3.05) is 4.90 Å². The van der Waals surface area contributed by atoms with E-state index in [2.05, 4.69) is 6.08 Å². The van der Waals surface area contributed by atoms with Gasteiger partial charge in [0, 0.05) is 5.70 Å². The first-order chi connectivity index (χ1) is 10.6. The van der Waals surface area contributed by atoms with E-state index >= 15 is 0 Å². The number of allylic oxidation sites excluding steroid dienone is 3. The van der Waals surface area contributed by atoms with Crippen molar-refractivity contribution >= 4 is 17.6 Å². The van der Waals surface area contributed by atoms with E-state index in [-0.39, 0.29) is 17.9 Å². The van der Waals surface area contributed by atoms with Crippen LogP contribution in [0.25, 0.3) is 0 Å². The third-order valence-corrected chi connectivity index (χ3v) is 4.05. The lowest BCUT2D eigenvalue weighted by Crippen LogP contribution is -2.38. The summed E-state index contributed by atoms with van der Waals surface area (Å²) in [6.07, 6.45) is 7.91. The van der Waals surface area contributed by atoms with Crippen molar-refractivity contribution in [3.63, 3.8) is 0 Å². The molecule has 4 heteroatoms. The molecule has 0 unspecified atom stereocenters. The number of carbonyl (C=O) groups excluding carboxylic acids is 2. The number of benzene rings is 1. The zero-order valence-corrected chi connectivity index (χ0v) is 12.9. The van der Waals surface area contributed by atoms with Gasteiger partial charge in [0.15, 0.2) is 0 Å². The Morgan fingerprint density at radius 2 is 1.82 bits per heavy atom. The molecule has 1 fully saturated rings. The quantitative estimate of drug-likeness (QED) is 0.798. The van der Waals surface area contributed by atoms with Crippen LogP contribution in [0.2, 0.25) is 0 Å². The van der Waals surface area contributed by atoms with Crippen LogP contribution < -0.4 is 4.90 Å². The van der Waals surface area contributed by atoms with Gasteiger partial charge in [-0.2, -0.15) is 0 Å². The van der Waals surface area contributed by atoms with Crippen LogP contribution in [0.3, 0.4) is 0 Å². The molecule has 3 amide bonds. The standard InChI is InChI=1S/C18H20N2O2/c1-13(2)16-17(21)20(15-11-7-4-8-12-15)18(22)19(16)14-9-5-3-6-10-14/h4-5,7-13,16H,3,6H2,1-2H3/t16-/m1/s1. The first kappa shape index (κ1) is 14.6. The lowest BCUT2D eigenvalue weighted by atomic mass is 10.0. The normalized spacial score (nSPS) is 21.8. The molecule has 1 aromatic rings. The Bertz CT molecular complexity index is 646. The van der Waals surface area contributed by atoms with E-state index in [4.69, 9.17) is 0 Å². The zero-order chi connectivity index (χ0) is 15.7. The number of amides is 3. The van der Waals surface area contributed by atoms with Crippen LogP contribution >= 0.6 is 0 Å². The molecular formula is C18H20N2O2. The number of para-hydroxylation sites is 1. The summed E-state index contributed by atoms with van der Waals surface area (Å²) >= 11 is 0. The maximum absolute atomic E-state index is 12.9. The smallest absolute Gasteiger partial charge is 0.281 e. The summed E-state index contributed by atoms with van der Waals surface area (Å²) in [5.74, 6) is -0.0903. The minimum absolute atomic E-state index is 0.0568. The Morgan fingerprint density at radius 1 is 1.09 bits per heavy atom. The van der Waals surface area contributed by atoms with Gasteiger partial charge in [0.1, 0.15) is 6.04 Å². The molecule has 22 heavy (non-hydrogen) atoms. The maximum atomic E-state index is 12.9. The number of carbonyl (C=O) groups is 2. The number of urea groups is 1. The molecule has 2 aliphatic rings. The Morgan fingerprint density at radius 3 is 2.41 bits per heavy atom. The highest BCUT2D eigenvalue weighted by Gasteiger charge is 2.48. The lowest BCUT2D eigenvalue weighted by Gasteiger charge is -2.26. The zero-order valence-electron chi connectivity index (χ0n) is 12.9. The molecule has 0 saturated carbocycles. The minimum atomic E-state index is -0.443. The number of nitrogens with zero attached hydrogens (tertiary/aromatic N) is 2. The van der Waals surface area contributed by atoms with Gasteiger partial charge in [0.25, 0.3) is 5.91 Å². The van der Waals surface area contributed by atoms with Crippen LogP contribution in [0.4, 0.5) is 10.5 Å². The van der Waals surface area contributed by atoms with Gasteiger partial charge in [0.2, 0.25) is 0 Å². The first-order valence-corrected chi connectivity index (χ1v) is 7.70. The molecule has 0 bridgehead atoms. The third-order valence-electron chi connectivity index (χ3n) is 4.05. The van der Waals surface area contributed by atoms with Crippen molar-refractivity contribution in [3.8, 4) is 0 Å². The Labute approximate surface area is 130 Å². The highest BCUT2D eigenvalue weighted by atomic mass is 16.2. The molecule has 1 aliphatic carbocycles. The summed E-state index contributed by atoms with van der Waals surface area (Å²) in [6, 6.07) is 8.43. The molecule has 1 heterocycles. The van der Waals surface area contributed by atoms with Crippen molar-refractivity contribution in [3.05, 3.63) is 54.3 Å². The van der Waals surface area contributed by atoms with Crippen molar-refractivity contribution in [1.29, 1.82) is 0 Å². The summed E-state index contributed by atoms with van der Waals surface area (Å²) in [5, 5.41) is 0. The van der Waals surface area contributed by atoms with E-state index in [1.165, 1.54) is 4.90 Å². The summed E-state index contributed by atoms with van der Waals surface area (Å²) < 4.78 is 0. The van der Waals surface area contributed by atoms with Crippen molar-refractivity contribution < 1.29 is 9.59 Å². The van der Waals surface area contributed by atoms with E-state index in [0.717, 1.165) is 18.5 Å². The van der Waals surface area contributed by atoms with Gasteiger partial charge in [-0.15, -0.1) is 0 Å². The Kier molecular flexibility index (Phi) is 3.84. The highest BCUT2D eigenvalue weighted by molar-refractivity contribution is 6.22. The van der Waals surface area contributed by atoms with E-state index in [1.807, 2.05) is 44.2 Å². The topological polar surface area (TPSA) is 40.6 Å². The molecule has 114 valence electrons. The summed E-state index contributed by atoms with van der Waals surface area (Å²) in [5.41, 5.74) is 1.47. The van der Waals surface area contributed by atoms with Crippen molar-refractivity contribution in [2.45, 2.75) is 32.7 Å². The van der Waals surface area contributed by atoms with E-state index in [1.54, 1.807) is 17.0 Å². The van der Waals surface area contributed by atoms with Gasteiger partial charge in [-0.25, -0.2) is 9.69 Å². The molecule has 1 saturated heterocycles. The fourth-order valence-electron chi connectivity index (χ4n) is 3.01. The molecule has 0 spiro atoms. The van der Waals surface area contributed by atoms with E-state index < -0.39 is 6.04 Å². The summed E-state index contributed by atoms with van der Waals surface area (Å²) in [6.45, 7) is 3.95. The van der Waals surface area contributed by atoms with Crippen LogP contribution in [0.5, 0.6) is 0 Å². The highest BCUT2D eigenvalue weighted by Crippen LogP contribution is 2.32. The fourth-order valence-corrected chi connectivity index (χ4v) is 3.01. The number of hydrogen-bond acceptors (Lipinski definition) is 2. The number of imide groups is 1. The molecule has 3 rings (SSSR count). The van der Waals surface area contributed by atoms with Crippen molar-refractivity contribution in [2.24, 2.45) is 5.92 Å². The van der Waals surface area contributed by atoms with Gasteiger partial charge in [-0.3, -0.25) is 9.69 Å². The Hall–Kier alpha value is -2.36. The van der Waals surface area contributed by atoms with Gasteiger partial charge in [-0.1, -0.05) is 44.2 Å². The minimum Gasteiger partial charge on any atom is -0.281 e. The number of rotatable bonds is 3. The van der Waals surface area contributed by atoms with Crippen LogP contribution in [-0.4, -0.2) is 22.9 Å². The number of hydrogen-bond donors (Lipinski definition) is 0. The van der Waals surface area contributed by atoms with Crippen LogP contribution in [0.15, 0.2) is 54.3 Å². The molecule has 0 aromatic heterocycles. The third kappa shape index (κ3) is 2.34. The SMILES string of the molecule is CC(C)[C@@H]1C(=O)N(c2ccccc2)C(=O)N1C1=CCCC=C1. The van der Waals surface area contributed by atoms with Crippen LogP contribution in [0, 0.1) is 5.92 Å². The molecule has 0 radical (unpaired) electrons. The first-order valence-electron chi connectivity index (χ1n) is 7.70. The van der Waals surface area contributed by atoms with Gasteiger partial charge < -0.3 is 0 Å². The van der Waals surface area contributed by atoms with Gasteiger partial charge in [0.05, 0.1) is 5.69 Å². The lowest BCUT2D eigenvalue weighted by molar-refractivity contribution is -0.120. The van der Waals surface area contributed by atoms with E-state index in [0.29, 0.717) is 5.69 Å². The number of anilines is 1. The fraction of sp³-hybridized carbons (Fsp3) is 0.333. The average molecular weight is 296 g/mol. The molecule has 1 atom stereocenters. The second-order valence-electron chi connectivity index (χ2n) is 5.96. The largest absolute Gasteiger partial charge is 0.336 e. The van der Waals surface area contributed by atoms with Gasteiger partial charge >= 0.3 is 6.03 Å².